The van der Waals surface area contributed by atoms with Crippen LogP contribution in [0.25, 0.3) is 5.82 Å². The number of hydrogen-bond donors (Lipinski definition) is 2. The molecule has 106 valence electrons. The fourth-order valence-electron chi connectivity index (χ4n) is 1.42. The predicted molar refractivity (Wildman–Crippen MR) is 62.0 cm³/mol. The van der Waals surface area contributed by atoms with Crippen LogP contribution in [0.15, 0.2) is 18.3 Å². The zero-order chi connectivity index (χ0) is 14.9. The molecule has 20 heavy (non-hydrogen) atoms. The number of hydrogen-bond acceptors (Lipinski definition) is 5. The van der Waals surface area contributed by atoms with Crippen LogP contribution in [0.2, 0.25) is 0 Å². The summed E-state index contributed by atoms with van der Waals surface area (Å²) in [5.74, 6) is -1.19. The topological polar surface area (TPSA) is 98.7 Å². The monoisotopic (exact) mass is 286 g/mol. The zero-order valence-corrected chi connectivity index (χ0v) is 10.1. The van der Waals surface area contributed by atoms with Gasteiger partial charge in [-0.15, -0.1) is 0 Å². The van der Waals surface area contributed by atoms with Gasteiger partial charge < -0.3 is 11.1 Å². The summed E-state index contributed by atoms with van der Waals surface area (Å²) in [6.07, 6.45) is -3.35. The number of aromatic nitrogens is 4. The molecule has 2 aromatic heterocycles. The zero-order valence-electron chi connectivity index (χ0n) is 10.1. The summed E-state index contributed by atoms with van der Waals surface area (Å²) in [4.78, 5) is 18.1. The minimum atomic E-state index is -4.65. The van der Waals surface area contributed by atoms with Gasteiger partial charge in [-0.2, -0.15) is 23.3 Å². The van der Waals surface area contributed by atoms with Crippen molar-refractivity contribution in [2.75, 3.05) is 12.8 Å². The summed E-state index contributed by atoms with van der Waals surface area (Å²) >= 11 is 0. The van der Waals surface area contributed by atoms with E-state index in [-0.39, 0.29) is 11.5 Å². The number of anilines is 1. The van der Waals surface area contributed by atoms with Crippen LogP contribution in [-0.2, 0) is 6.18 Å². The van der Waals surface area contributed by atoms with Gasteiger partial charge in [0, 0.05) is 19.3 Å². The number of nitrogens with two attached hydrogens (primary N) is 1. The third-order valence-corrected chi connectivity index (χ3v) is 2.30. The molecule has 0 saturated heterocycles. The SMILES string of the molecule is CNC(=O)c1ccn(-c2cc(C(F)(F)F)nc(N)n2)n1. The Hall–Kier alpha value is -2.65. The van der Waals surface area contributed by atoms with Crippen molar-refractivity contribution in [2.24, 2.45) is 0 Å². The van der Waals surface area contributed by atoms with Crippen LogP contribution in [-0.4, -0.2) is 32.7 Å². The molecule has 0 atom stereocenters. The Morgan fingerprint density at radius 3 is 2.70 bits per heavy atom. The number of alkyl halides is 3. The fraction of sp³-hybridized carbons (Fsp3) is 0.200. The highest BCUT2D eigenvalue weighted by atomic mass is 19.4. The minimum Gasteiger partial charge on any atom is -0.368 e. The summed E-state index contributed by atoms with van der Waals surface area (Å²) in [5, 5.41) is 6.15. The standard InChI is InChI=1S/C10H9F3N6O/c1-15-8(20)5-2-3-19(18-5)7-4-6(10(11,12)13)16-9(14)17-7/h2-4H,1H3,(H,15,20)(H2,14,16,17). The van der Waals surface area contributed by atoms with E-state index in [4.69, 9.17) is 5.73 Å². The Labute approximate surface area is 110 Å². The van der Waals surface area contributed by atoms with Crippen LogP contribution in [0.1, 0.15) is 16.2 Å². The van der Waals surface area contributed by atoms with Gasteiger partial charge in [-0.1, -0.05) is 0 Å². The molecule has 0 aromatic carbocycles. The molecule has 3 N–H and O–H groups in total. The number of rotatable bonds is 2. The molecule has 0 aliphatic carbocycles. The lowest BCUT2D eigenvalue weighted by molar-refractivity contribution is -0.141. The van der Waals surface area contributed by atoms with Crippen LogP contribution >= 0.6 is 0 Å². The van der Waals surface area contributed by atoms with Gasteiger partial charge in [-0.05, 0) is 6.07 Å². The van der Waals surface area contributed by atoms with Crippen LogP contribution < -0.4 is 11.1 Å². The van der Waals surface area contributed by atoms with Crippen LogP contribution in [0, 0.1) is 0 Å². The lowest BCUT2D eigenvalue weighted by Gasteiger charge is -2.08. The van der Waals surface area contributed by atoms with Gasteiger partial charge in [-0.3, -0.25) is 4.79 Å². The lowest BCUT2D eigenvalue weighted by atomic mass is 10.4. The van der Waals surface area contributed by atoms with Gasteiger partial charge in [0.05, 0.1) is 0 Å². The molecular weight excluding hydrogens is 277 g/mol. The van der Waals surface area contributed by atoms with Crippen LogP contribution in [0.4, 0.5) is 19.1 Å². The molecule has 7 nitrogen and oxygen atoms in total. The Bertz CT molecular complexity index is 651. The van der Waals surface area contributed by atoms with E-state index >= 15 is 0 Å². The third kappa shape index (κ3) is 2.68. The molecule has 2 heterocycles. The number of nitrogen functional groups attached to an aromatic ring is 1. The number of amides is 1. The molecule has 10 heteroatoms. The first kappa shape index (κ1) is 13.8. The number of carbonyl (C=O) groups is 1. The average molecular weight is 286 g/mol. The average Bonchev–Trinajstić information content (AvgIpc) is 2.85. The van der Waals surface area contributed by atoms with E-state index in [1.807, 2.05) is 0 Å². The van der Waals surface area contributed by atoms with E-state index in [0.717, 1.165) is 4.68 Å². The summed E-state index contributed by atoms with van der Waals surface area (Å²) in [6, 6.07) is 2.03. The normalized spacial score (nSPS) is 11.4. The summed E-state index contributed by atoms with van der Waals surface area (Å²) in [5.41, 5.74) is 4.10. The van der Waals surface area contributed by atoms with Crippen molar-refractivity contribution in [2.45, 2.75) is 6.18 Å². The first-order chi connectivity index (χ1) is 9.31. The molecular formula is C10H9F3N6O. The second-order valence-corrected chi connectivity index (χ2v) is 3.69. The Morgan fingerprint density at radius 2 is 2.10 bits per heavy atom. The van der Waals surface area contributed by atoms with Gasteiger partial charge >= 0.3 is 6.18 Å². The van der Waals surface area contributed by atoms with Crippen molar-refractivity contribution in [1.29, 1.82) is 0 Å². The maximum Gasteiger partial charge on any atom is 0.433 e. The Kier molecular flexibility index (Phi) is 3.30. The summed E-state index contributed by atoms with van der Waals surface area (Å²) in [7, 11) is 1.41. The van der Waals surface area contributed by atoms with Gasteiger partial charge in [-0.25, -0.2) is 9.67 Å². The number of nitrogens with zero attached hydrogens (tertiary/aromatic N) is 4. The quantitative estimate of drug-likeness (QED) is 0.843. The molecule has 1 amide bonds. The molecule has 0 bridgehead atoms. The molecule has 0 aliphatic rings. The number of carbonyl (C=O) groups excluding carboxylic acids is 1. The van der Waals surface area contributed by atoms with Crippen molar-refractivity contribution in [3.05, 3.63) is 29.7 Å². The van der Waals surface area contributed by atoms with Crippen molar-refractivity contribution in [3.63, 3.8) is 0 Å². The molecule has 2 aromatic rings. The van der Waals surface area contributed by atoms with E-state index in [1.54, 1.807) is 0 Å². The number of halogens is 3. The first-order valence-corrected chi connectivity index (χ1v) is 5.31. The maximum atomic E-state index is 12.6. The Morgan fingerprint density at radius 1 is 1.40 bits per heavy atom. The smallest absolute Gasteiger partial charge is 0.368 e. The van der Waals surface area contributed by atoms with Crippen LogP contribution in [0.5, 0.6) is 0 Å². The lowest BCUT2D eigenvalue weighted by Crippen LogP contribution is -2.19. The van der Waals surface area contributed by atoms with Crippen molar-refractivity contribution in [3.8, 4) is 5.82 Å². The van der Waals surface area contributed by atoms with E-state index in [2.05, 4.69) is 20.4 Å². The Balaban J connectivity index is 2.45. The summed E-state index contributed by atoms with van der Waals surface area (Å²) in [6.45, 7) is 0. The molecule has 0 fully saturated rings. The third-order valence-electron chi connectivity index (χ3n) is 2.30. The molecule has 2 rings (SSSR count). The van der Waals surface area contributed by atoms with Gasteiger partial charge in [0.25, 0.3) is 5.91 Å². The predicted octanol–water partition coefficient (Wildman–Crippen LogP) is 0.623. The highest BCUT2D eigenvalue weighted by Gasteiger charge is 2.33. The minimum absolute atomic E-state index is 0.0400. The van der Waals surface area contributed by atoms with Crippen molar-refractivity contribution < 1.29 is 18.0 Å². The molecule has 0 unspecified atom stereocenters. The molecule has 0 saturated carbocycles. The second-order valence-electron chi connectivity index (χ2n) is 3.69. The highest BCUT2D eigenvalue weighted by molar-refractivity contribution is 5.91. The number of nitrogens with one attached hydrogen (secondary N) is 1. The molecule has 0 radical (unpaired) electrons. The largest absolute Gasteiger partial charge is 0.433 e. The van der Waals surface area contributed by atoms with E-state index in [0.29, 0.717) is 6.07 Å². The van der Waals surface area contributed by atoms with Gasteiger partial charge in [0.1, 0.15) is 0 Å². The van der Waals surface area contributed by atoms with Gasteiger partial charge in [0.2, 0.25) is 5.95 Å². The van der Waals surface area contributed by atoms with E-state index < -0.39 is 23.7 Å². The molecule has 0 spiro atoms. The second kappa shape index (κ2) is 4.79. The molecule has 0 aliphatic heterocycles. The van der Waals surface area contributed by atoms with Crippen molar-refractivity contribution in [1.82, 2.24) is 25.1 Å². The highest BCUT2D eigenvalue weighted by Crippen LogP contribution is 2.28. The summed E-state index contributed by atoms with van der Waals surface area (Å²) < 4.78 is 38.8. The first-order valence-electron chi connectivity index (χ1n) is 5.31. The fourth-order valence-corrected chi connectivity index (χ4v) is 1.42. The maximum absolute atomic E-state index is 12.6. The van der Waals surface area contributed by atoms with Crippen LogP contribution in [0.3, 0.4) is 0 Å². The van der Waals surface area contributed by atoms with Crippen molar-refractivity contribution >= 4 is 11.9 Å². The van der Waals surface area contributed by atoms with E-state index in [9.17, 15) is 18.0 Å². The van der Waals surface area contributed by atoms with E-state index in [1.165, 1.54) is 19.3 Å². The van der Waals surface area contributed by atoms with Gasteiger partial charge in [0.15, 0.2) is 17.2 Å².